The Hall–Kier alpha value is -1.62. The van der Waals surface area contributed by atoms with Crippen molar-refractivity contribution in [2.45, 2.75) is 19.3 Å². The van der Waals surface area contributed by atoms with Gasteiger partial charge in [0.25, 0.3) is 0 Å². The van der Waals surface area contributed by atoms with Gasteiger partial charge in [-0.2, -0.15) is 0 Å². The van der Waals surface area contributed by atoms with E-state index >= 15 is 0 Å². The molecule has 0 aromatic carbocycles. The van der Waals surface area contributed by atoms with Crippen LogP contribution in [-0.2, 0) is 23.8 Å². The van der Waals surface area contributed by atoms with Gasteiger partial charge in [-0.05, 0) is 19.3 Å². The highest BCUT2D eigenvalue weighted by Gasteiger charge is 1.97. The number of unbranched alkanes of at least 4 members (excludes halogenated alkanes) is 2. The Kier molecular flexibility index (Phi) is 10.8. The van der Waals surface area contributed by atoms with Crippen LogP contribution in [0.5, 0.6) is 0 Å². The van der Waals surface area contributed by atoms with Crippen LogP contribution in [0.25, 0.3) is 0 Å². The van der Waals surface area contributed by atoms with Crippen LogP contribution in [0.2, 0.25) is 0 Å². The van der Waals surface area contributed by atoms with Gasteiger partial charge in [0.05, 0.1) is 13.2 Å². The van der Waals surface area contributed by atoms with Gasteiger partial charge in [0, 0.05) is 18.8 Å². The fraction of sp³-hybridized carbons (Fsp3) is 0.538. The third-order valence-electron chi connectivity index (χ3n) is 1.98. The predicted molar refractivity (Wildman–Crippen MR) is 67.0 cm³/mol. The lowest BCUT2D eigenvalue weighted by molar-refractivity contribution is -0.139. The second-order valence-corrected chi connectivity index (χ2v) is 3.42. The van der Waals surface area contributed by atoms with E-state index in [9.17, 15) is 9.59 Å². The van der Waals surface area contributed by atoms with E-state index in [2.05, 4.69) is 13.2 Å². The maximum absolute atomic E-state index is 10.7. The van der Waals surface area contributed by atoms with Gasteiger partial charge in [-0.3, -0.25) is 0 Å². The molecule has 0 aliphatic rings. The van der Waals surface area contributed by atoms with E-state index < -0.39 is 11.9 Å². The van der Waals surface area contributed by atoms with E-state index in [4.69, 9.17) is 14.2 Å². The monoisotopic (exact) mass is 256 g/mol. The molecule has 0 spiro atoms. The predicted octanol–water partition coefficient (Wildman–Crippen LogP) is 1.63. The molecule has 0 atom stereocenters. The van der Waals surface area contributed by atoms with Crippen LogP contribution in [-0.4, -0.2) is 38.4 Å². The van der Waals surface area contributed by atoms with Crippen LogP contribution in [0.15, 0.2) is 25.3 Å². The number of esters is 2. The quantitative estimate of drug-likeness (QED) is 0.319. The molecule has 5 nitrogen and oxygen atoms in total. The van der Waals surface area contributed by atoms with Crippen LogP contribution >= 0.6 is 0 Å². The fourth-order valence-corrected chi connectivity index (χ4v) is 1.08. The Morgan fingerprint density at radius 2 is 1.33 bits per heavy atom. The number of hydrogen-bond donors (Lipinski definition) is 0. The van der Waals surface area contributed by atoms with Crippen molar-refractivity contribution in [3.8, 4) is 0 Å². The third kappa shape index (κ3) is 10.9. The minimum atomic E-state index is -0.442. The van der Waals surface area contributed by atoms with Crippen LogP contribution in [0.1, 0.15) is 19.3 Å². The molecule has 102 valence electrons. The lowest BCUT2D eigenvalue weighted by Gasteiger charge is -2.05. The molecule has 0 fully saturated rings. The molecule has 0 rings (SSSR count). The van der Waals surface area contributed by atoms with Gasteiger partial charge in [0.1, 0.15) is 6.61 Å². The molecule has 5 heteroatoms. The van der Waals surface area contributed by atoms with Gasteiger partial charge in [0.2, 0.25) is 0 Å². The lowest BCUT2D eigenvalue weighted by atomic mass is 10.2. The van der Waals surface area contributed by atoms with Crippen LogP contribution in [0.3, 0.4) is 0 Å². The summed E-state index contributed by atoms with van der Waals surface area (Å²) in [6, 6.07) is 0. The van der Waals surface area contributed by atoms with Crippen molar-refractivity contribution in [2.75, 3.05) is 26.4 Å². The summed E-state index contributed by atoms with van der Waals surface area (Å²) in [5.41, 5.74) is 0. The average Bonchev–Trinajstić information content (AvgIpc) is 2.40. The van der Waals surface area contributed by atoms with Crippen molar-refractivity contribution in [1.29, 1.82) is 0 Å². The van der Waals surface area contributed by atoms with Crippen LogP contribution in [0, 0.1) is 0 Å². The van der Waals surface area contributed by atoms with Gasteiger partial charge in [-0.25, -0.2) is 9.59 Å². The molecule has 0 heterocycles. The molecule has 0 unspecified atom stereocenters. The van der Waals surface area contributed by atoms with Crippen LogP contribution < -0.4 is 0 Å². The normalized spacial score (nSPS) is 9.56. The number of ether oxygens (including phenoxy) is 3. The molecule has 0 saturated carbocycles. The molecule has 0 aliphatic heterocycles. The molecular weight excluding hydrogens is 236 g/mol. The molecule has 0 radical (unpaired) electrons. The molecule has 18 heavy (non-hydrogen) atoms. The molecule has 0 saturated heterocycles. The summed E-state index contributed by atoms with van der Waals surface area (Å²) in [6.07, 6.45) is 4.85. The first-order valence-electron chi connectivity index (χ1n) is 5.87. The Morgan fingerprint density at radius 3 is 1.94 bits per heavy atom. The van der Waals surface area contributed by atoms with E-state index in [1.54, 1.807) is 0 Å². The fourth-order valence-electron chi connectivity index (χ4n) is 1.08. The van der Waals surface area contributed by atoms with Gasteiger partial charge in [-0.1, -0.05) is 13.2 Å². The third-order valence-corrected chi connectivity index (χ3v) is 1.98. The summed E-state index contributed by atoms with van der Waals surface area (Å²) in [4.78, 5) is 21.3. The molecule has 0 aromatic rings. The largest absolute Gasteiger partial charge is 0.463 e. The van der Waals surface area contributed by atoms with Crippen molar-refractivity contribution < 1.29 is 23.8 Å². The Morgan fingerprint density at radius 1 is 0.778 bits per heavy atom. The van der Waals surface area contributed by atoms with Crippen molar-refractivity contribution in [2.24, 2.45) is 0 Å². The molecular formula is C13H20O5. The molecule has 0 aliphatic carbocycles. The van der Waals surface area contributed by atoms with E-state index in [0.29, 0.717) is 19.8 Å². The summed E-state index contributed by atoms with van der Waals surface area (Å²) in [5, 5.41) is 0. The second-order valence-electron chi connectivity index (χ2n) is 3.42. The number of hydrogen-bond acceptors (Lipinski definition) is 5. The van der Waals surface area contributed by atoms with E-state index in [0.717, 1.165) is 31.4 Å². The van der Waals surface area contributed by atoms with E-state index in [1.807, 2.05) is 0 Å². The van der Waals surface area contributed by atoms with E-state index in [-0.39, 0.29) is 6.61 Å². The Bertz CT molecular complexity index is 245. The highest BCUT2D eigenvalue weighted by Crippen LogP contribution is 1.97. The zero-order chi connectivity index (χ0) is 13.6. The van der Waals surface area contributed by atoms with Crippen molar-refractivity contribution in [3.63, 3.8) is 0 Å². The van der Waals surface area contributed by atoms with Gasteiger partial charge in [-0.15, -0.1) is 0 Å². The maximum Gasteiger partial charge on any atom is 0.330 e. The molecule has 0 aromatic heterocycles. The Balaban J connectivity index is 3.12. The molecule has 0 bridgehead atoms. The van der Waals surface area contributed by atoms with Gasteiger partial charge < -0.3 is 14.2 Å². The zero-order valence-corrected chi connectivity index (χ0v) is 10.6. The first kappa shape index (κ1) is 16.4. The first-order valence-corrected chi connectivity index (χ1v) is 5.87. The first-order chi connectivity index (χ1) is 8.70. The van der Waals surface area contributed by atoms with E-state index in [1.165, 1.54) is 0 Å². The average molecular weight is 256 g/mol. The minimum absolute atomic E-state index is 0.238. The van der Waals surface area contributed by atoms with Crippen LogP contribution in [0.4, 0.5) is 0 Å². The zero-order valence-electron chi connectivity index (χ0n) is 10.6. The molecule has 0 amide bonds. The molecule has 0 N–H and O–H groups in total. The van der Waals surface area contributed by atoms with Gasteiger partial charge in [0.15, 0.2) is 0 Å². The summed E-state index contributed by atoms with van der Waals surface area (Å²) in [7, 11) is 0. The van der Waals surface area contributed by atoms with Crippen molar-refractivity contribution in [3.05, 3.63) is 25.3 Å². The van der Waals surface area contributed by atoms with Crippen molar-refractivity contribution >= 4 is 11.9 Å². The highest BCUT2D eigenvalue weighted by molar-refractivity contribution is 5.81. The summed E-state index contributed by atoms with van der Waals surface area (Å²) in [6.45, 7) is 8.20. The Labute approximate surface area is 107 Å². The lowest BCUT2D eigenvalue weighted by Crippen LogP contribution is -2.09. The minimum Gasteiger partial charge on any atom is -0.463 e. The van der Waals surface area contributed by atoms with Gasteiger partial charge >= 0.3 is 11.9 Å². The van der Waals surface area contributed by atoms with Crippen molar-refractivity contribution in [1.82, 2.24) is 0 Å². The smallest absolute Gasteiger partial charge is 0.330 e. The number of rotatable bonds is 11. The second kappa shape index (κ2) is 11.9. The number of carbonyl (C=O) groups is 2. The summed E-state index contributed by atoms with van der Waals surface area (Å²) in [5.74, 6) is -0.835. The highest BCUT2D eigenvalue weighted by atomic mass is 16.6. The SMILES string of the molecule is C=CC(=O)OCCCCCOCCOC(=O)C=C. The standard InChI is InChI=1S/C13H20O5/c1-3-12(14)17-9-7-5-6-8-16-10-11-18-13(15)4-2/h3-4H,1-2,5-11H2. The topological polar surface area (TPSA) is 61.8 Å². The summed E-state index contributed by atoms with van der Waals surface area (Å²) < 4.78 is 14.8. The summed E-state index contributed by atoms with van der Waals surface area (Å²) >= 11 is 0. The maximum atomic E-state index is 10.7. The number of carbonyl (C=O) groups excluding carboxylic acids is 2.